The Bertz CT molecular complexity index is 447. The molecule has 1 N–H and O–H groups in total. The van der Waals surface area contributed by atoms with E-state index >= 15 is 0 Å². The summed E-state index contributed by atoms with van der Waals surface area (Å²) in [5, 5.41) is 4.28. The molecule has 1 aromatic rings. The van der Waals surface area contributed by atoms with E-state index in [-0.39, 0.29) is 0 Å². The summed E-state index contributed by atoms with van der Waals surface area (Å²) in [6.07, 6.45) is 3.09. The molecule has 2 atom stereocenters. The zero-order chi connectivity index (χ0) is 17.2. The average molecular weight is 342 g/mol. The van der Waals surface area contributed by atoms with E-state index in [1.54, 1.807) is 0 Å². The second-order valence-electron chi connectivity index (χ2n) is 5.98. The minimum Gasteiger partial charge on any atom is -0.382 e. The molecular weight excluding hydrogens is 310 g/mol. The van der Waals surface area contributed by atoms with Crippen LogP contribution in [0.1, 0.15) is 65.7 Å². The monoisotopic (exact) mass is 341 g/mol. The van der Waals surface area contributed by atoms with Crippen LogP contribution in [-0.4, -0.2) is 19.3 Å². The van der Waals surface area contributed by atoms with Gasteiger partial charge < -0.3 is 14.8 Å². The highest BCUT2D eigenvalue weighted by atomic mass is 35.5. The maximum absolute atomic E-state index is 6.46. The summed E-state index contributed by atoms with van der Waals surface area (Å²) >= 11 is 6.46. The van der Waals surface area contributed by atoms with Gasteiger partial charge in [0.2, 0.25) is 0 Å². The van der Waals surface area contributed by atoms with Crippen molar-refractivity contribution in [1.82, 2.24) is 0 Å². The number of hydrogen-bond acceptors (Lipinski definition) is 3. The van der Waals surface area contributed by atoms with E-state index < -0.39 is 6.29 Å². The van der Waals surface area contributed by atoms with Crippen molar-refractivity contribution in [3.05, 3.63) is 28.8 Å². The Morgan fingerprint density at radius 1 is 1.04 bits per heavy atom. The van der Waals surface area contributed by atoms with Gasteiger partial charge in [0.05, 0.1) is 5.02 Å². The number of benzene rings is 1. The predicted molar refractivity (Wildman–Crippen MR) is 99.2 cm³/mol. The highest BCUT2D eigenvalue weighted by Crippen LogP contribution is 2.30. The van der Waals surface area contributed by atoms with Gasteiger partial charge in [0.1, 0.15) is 0 Å². The smallest absolute Gasteiger partial charge is 0.185 e. The maximum atomic E-state index is 6.46. The van der Waals surface area contributed by atoms with Crippen molar-refractivity contribution < 1.29 is 9.47 Å². The van der Waals surface area contributed by atoms with E-state index in [0.717, 1.165) is 23.6 Å². The van der Waals surface area contributed by atoms with E-state index in [1.165, 1.54) is 12.8 Å². The molecule has 0 radical (unpaired) electrons. The Kier molecular flexibility index (Phi) is 9.61. The Morgan fingerprint density at radius 2 is 1.70 bits per heavy atom. The van der Waals surface area contributed by atoms with Crippen LogP contribution in [0.2, 0.25) is 5.02 Å². The normalized spacial score (nSPS) is 14.0. The highest BCUT2D eigenvalue weighted by Gasteiger charge is 2.16. The van der Waals surface area contributed by atoms with Crippen molar-refractivity contribution in [2.24, 2.45) is 5.92 Å². The lowest BCUT2D eigenvalue weighted by molar-refractivity contribution is -0.140. The van der Waals surface area contributed by atoms with Crippen LogP contribution >= 0.6 is 11.6 Å². The first kappa shape index (κ1) is 20.3. The van der Waals surface area contributed by atoms with Crippen LogP contribution in [0.5, 0.6) is 0 Å². The molecule has 0 aliphatic carbocycles. The molecule has 2 unspecified atom stereocenters. The molecule has 1 aromatic carbocycles. The molecule has 4 heteroatoms. The molecule has 0 fully saturated rings. The molecule has 0 spiro atoms. The van der Waals surface area contributed by atoms with Crippen molar-refractivity contribution in [3.8, 4) is 0 Å². The lowest BCUT2D eigenvalue weighted by Crippen LogP contribution is -2.21. The van der Waals surface area contributed by atoms with E-state index in [1.807, 2.05) is 26.0 Å². The maximum Gasteiger partial charge on any atom is 0.185 e. The van der Waals surface area contributed by atoms with Crippen LogP contribution in [0.4, 0.5) is 5.69 Å². The second kappa shape index (κ2) is 10.9. The van der Waals surface area contributed by atoms with Crippen LogP contribution in [0.25, 0.3) is 0 Å². The minimum atomic E-state index is -0.395. The molecule has 0 amide bonds. The van der Waals surface area contributed by atoms with Crippen LogP contribution in [0.3, 0.4) is 0 Å². The first-order valence-electron chi connectivity index (χ1n) is 8.84. The van der Waals surface area contributed by atoms with Gasteiger partial charge >= 0.3 is 0 Å². The lowest BCUT2D eigenvalue weighted by Gasteiger charge is -2.23. The number of rotatable bonds is 11. The fourth-order valence-electron chi connectivity index (χ4n) is 2.55. The molecule has 23 heavy (non-hydrogen) atoms. The molecule has 0 aromatic heterocycles. The predicted octanol–water partition coefficient (Wildman–Crippen LogP) is 6.04. The fourth-order valence-corrected chi connectivity index (χ4v) is 2.82. The number of hydrogen-bond donors (Lipinski definition) is 1. The molecule has 0 saturated carbocycles. The van der Waals surface area contributed by atoms with Gasteiger partial charge in [-0.15, -0.1) is 0 Å². The Balaban J connectivity index is 2.81. The van der Waals surface area contributed by atoms with Crippen molar-refractivity contribution in [3.63, 3.8) is 0 Å². The zero-order valence-corrected chi connectivity index (χ0v) is 16.0. The molecule has 0 saturated heterocycles. The van der Waals surface area contributed by atoms with E-state index in [4.69, 9.17) is 21.1 Å². The third-order valence-electron chi connectivity index (χ3n) is 4.14. The Hall–Kier alpha value is -0.770. The lowest BCUT2D eigenvalue weighted by atomic mass is 9.97. The van der Waals surface area contributed by atoms with Gasteiger partial charge in [-0.3, -0.25) is 0 Å². The third kappa shape index (κ3) is 6.70. The Morgan fingerprint density at radius 3 is 2.17 bits per heavy atom. The molecule has 132 valence electrons. The van der Waals surface area contributed by atoms with E-state index in [0.29, 0.717) is 24.3 Å². The van der Waals surface area contributed by atoms with Gasteiger partial charge in [-0.1, -0.05) is 44.9 Å². The molecule has 0 heterocycles. The molecule has 1 rings (SSSR count). The van der Waals surface area contributed by atoms with Gasteiger partial charge in [0.25, 0.3) is 0 Å². The zero-order valence-electron chi connectivity index (χ0n) is 15.2. The summed E-state index contributed by atoms with van der Waals surface area (Å²) < 4.78 is 11.3. The quantitative estimate of drug-likeness (QED) is 0.498. The van der Waals surface area contributed by atoms with Crippen LogP contribution in [-0.2, 0) is 9.47 Å². The summed E-state index contributed by atoms with van der Waals surface area (Å²) in [7, 11) is 0. The number of nitrogens with one attached hydrogen (secondary N) is 1. The van der Waals surface area contributed by atoms with E-state index in [2.05, 4.69) is 32.2 Å². The SMILES string of the molecule is CCOC(OCC)c1ccc(NC(CC)CC(C)CC)cc1Cl. The topological polar surface area (TPSA) is 30.5 Å². The summed E-state index contributed by atoms with van der Waals surface area (Å²) in [6, 6.07) is 6.50. The summed E-state index contributed by atoms with van der Waals surface area (Å²) in [4.78, 5) is 0. The van der Waals surface area contributed by atoms with Crippen molar-refractivity contribution in [2.45, 2.75) is 66.2 Å². The number of ether oxygens (including phenoxy) is 2. The Labute approximate surface area is 146 Å². The minimum absolute atomic E-state index is 0.395. The first-order valence-corrected chi connectivity index (χ1v) is 9.22. The molecular formula is C19H32ClNO2. The van der Waals surface area contributed by atoms with Crippen LogP contribution < -0.4 is 5.32 Å². The summed E-state index contributed by atoms with van der Waals surface area (Å²) in [5.74, 6) is 0.725. The number of halogens is 1. The van der Waals surface area contributed by atoms with Crippen LogP contribution in [0, 0.1) is 5.92 Å². The van der Waals surface area contributed by atoms with Gasteiger partial charge in [-0.05, 0) is 44.7 Å². The van der Waals surface area contributed by atoms with Crippen LogP contribution in [0.15, 0.2) is 18.2 Å². The van der Waals surface area contributed by atoms with Gasteiger partial charge in [-0.2, -0.15) is 0 Å². The van der Waals surface area contributed by atoms with E-state index in [9.17, 15) is 0 Å². The third-order valence-corrected chi connectivity index (χ3v) is 4.47. The molecule has 0 aliphatic heterocycles. The summed E-state index contributed by atoms with van der Waals surface area (Å²) in [6.45, 7) is 11.9. The molecule has 3 nitrogen and oxygen atoms in total. The van der Waals surface area contributed by atoms with Crippen molar-refractivity contribution >= 4 is 17.3 Å². The molecule has 0 aliphatic rings. The van der Waals surface area contributed by atoms with Gasteiger partial charge in [0, 0.05) is 30.5 Å². The highest BCUT2D eigenvalue weighted by molar-refractivity contribution is 6.31. The summed E-state index contributed by atoms with van der Waals surface area (Å²) in [5.41, 5.74) is 1.94. The largest absolute Gasteiger partial charge is 0.382 e. The fraction of sp³-hybridized carbons (Fsp3) is 0.684. The van der Waals surface area contributed by atoms with Gasteiger partial charge in [0.15, 0.2) is 6.29 Å². The average Bonchev–Trinajstić information content (AvgIpc) is 2.54. The second-order valence-corrected chi connectivity index (χ2v) is 6.38. The first-order chi connectivity index (χ1) is 11.0. The van der Waals surface area contributed by atoms with Crippen molar-refractivity contribution in [2.75, 3.05) is 18.5 Å². The number of anilines is 1. The standard InChI is InChI=1S/C19H32ClNO2/c1-6-14(5)12-15(7-2)21-16-10-11-17(18(20)13-16)19(22-8-3)23-9-4/h10-11,13-15,19,21H,6-9,12H2,1-5H3. The van der Waals surface area contributed by atoms with Gasteiger partial charge in [-0.25, -0.2) is 0 Å². The molecule has 0 bridgehead atoms. The van der Waals surface area contributed by atoms with Crippen molar-refractivity contribution in [1.29, 1.82) is 0 Å².